The Morgan fingerprint density at radius 3 is 2.34 bits per heavy atom. The molecule has 180 valence electrons. The summed E-state index contributed by atoms with van der Waals surface area (Å²) in [5, 5.41) is 16.9. The standard InChI is InChI=1S/C29H33N5O/c1-20-9-13-23(14-10-20)17-18-34-29(35)33(4)28(32-34)31-19-26(25-8-6-5-7-22(25)3)27(30)24-15-11-21(2)12-16-24/h5-16,22,30H,17-19H2,1-4H3,(H,31,32)/b26-25+,30-27?. The Labute approximate surface area is 206 Å². The van der Waals surface area contributed by atoms with Crippen molar-refractivity contribution >= 4 is 11.7 Å². The van der Waals surface area contributed by atoms with Crippen molar-refractivity contribution in [2.24, 2.45) is 13.0 Å². The SMILES string of the molecule is Cc1ccc(CCn2nc(NC/C(C(=N)c3ccc(C)cc3)=C3/C=CC=CC3C)n(C)c2=O)cc1. The number of aryl methyl sites for hydroxylation is 4. The molecular formula is C29H33N5O. The van der Waals surface area contributed by atoms with Gasteiger partial charge in [0.05, 0.1) is 12.3 Å². The Hall–Kier alpha value is -3.93. The molecule has 3 aromatic rings. The Morgan fingerprint density at radius 1 is 1.03 bits per heavy atom. The maximum Gasteiger partial charge on any atom is 0.347 e. The van der Waals surface area contributed by atoms with E-state index in [1.165, 1.54) is 20.4 Å². The highest BCUT2D eigenvalue weighted by Gasteiger charge is 2.19. The average Bonchev–Trinajstić information content (AvgIpc) is 3.13. The molecule has 4 rings (SSSR count). The van der Waals surface area contributed by atoms with Gasteiger partial charge in [0.25, 0.3) is 0 Å². The van der Waals surface area contributed by atoms with Gasteiger partial charge < -0.3 is 5.32 Å². The van der Waals surface area contributed by atoms with Gasteiger partial charge in [-0.1, -0.05) is 90.9 Å². The van der Waals surface area contributed by atoms with Crippen molar-refractivity contribution in [3.63, 3.8) is 0 Å². The van der Waals surface area contributed by atoms with Gasteiger partial charge in [-0.2, -0.15) is 0 Å². The first-order valence-electron chi connectivity index (χ1n) is 12.0. The predicted molar refractivity (Wildman–Crippen MR) is 143 cm³/mol. The molecule has 0 aliphatic heterocycles. The molecule has 0 saturated heterocycles. The molecule has 1 aliphatic carbocycles. The summed E-state index contributed by atoms with van der Waals surface area (Å²) in [6.45, 7) is 7.14. The van der Waals surface area contributed by atoms with Crippen LogP contribution in [0.2, 0.25) is 0 Å². The number of nitrogens with zero attached hydrogens (tertiary/aromatic N) is 3. The van der Waals surface area contributed by atoms with E-state index in [1.54, 1.807) is 7.05 Å². The minimum Gasteiger partial charge on any atom is -0.350 e. The molecule has 1 aromatic heterocycles. The highest BCUT2D eigenvalue weighted by molar-refractivity contribution is 6.12. The van der Waals surface area contributed by atoms with Crippen LogP contribution in [0.3, 0.4) is 0 Å². The Kier molecular flexibility index (Phi) is 7.30. The van der Waals surface area contributed by atoms with Crippen LogP contribution < -0.4 is 11.0 Å². The van der Waals surface area contributed by atoms with Crippen molar-refractivity contribution in [2.75, 3.05) is 11.9 Å². The molecule has 1 aliphatic rings. The zero-order valence-corrected chi connectivity index (χ0v) is 20.9. The fraction of sp³-hybridized carbons (Fsp3) is 0.276. The molecule has 2 aromatic carbocycles. The second-order valence-electron chi connectivity index (χ2n) is 9.19. The molecule has 1 atom stereocenters. The largest absolute Gasteiger partial charge is 0.350 e. The van der Waals surface area contributed by atoms with Crippen molar-refractivity contribution < 1.29 is 0 Å². The number of allylic oxidation sites excluding steroid dienone is 5. The summed E-state index contributed by atoms with van der Waals surface area (Å²) in [6, 6.07) is 16.4. The zero-order valence-electron chi connectivity index (χ0n) is 20.9. The van der Waals surface area contributed by atoms with E-state index in [-0.39, 0.29) is 11.6 Å². The van der Waals surface area contributed by atoms with Gasteiger partial charge in [-0.25, -0.2) is 9.48 Å². The van der Waals surface area contributed by atoms with Crippen molar-refractivity contribution in [1.29, 1.82) is 5.41 Å². The van der Waals surface area contributed by atoms with Crippen molar-refractivity contribution in [2.45, 2.75) is 33.7 Å². The van der Waals surface area contributed by atoms with E-state index in [4.69, 9.17) is 5.41 Å². The number of aromatic nitrogens is 3. The van der Waals surface area contributed by atoms with E-state index >= 15 is 0 Å². The highest BCUT2D eigenvalue weighted by atomic mass is 16.2. The minimum atomic E-state index is -0.156. The van der Waals surface area contributed by atoms with Gasteiger partial charge in [0, 0.05) is 19.2 Å². The second kappa shape index (κ2) is 10.6. The van der Waals surface area contributed by atoms with Crippen LogP contribution in [0.15, 0.2) is 88.8 Å². The first-order chi connectivity index (χ1) is 16.8. The van der Waals surface area contributed by atoms with Crippen LogP contribution in [0, 0.1) is 25.2 Å². The highest BCUT2D eigenvalue weighted by Crippen LogP contribution is 2.25. The van der Waals surface area contributed by atoms with E-state index in [0.717, 1.165) is 28.7 Å². The molecule has 0 saturated carbocycles. The van der Waals surface area contributed by atoms with E-state index in [0.29, 0.717) is 24.7 Å². The van der Waals surface area contributed by atoms with Crippen molar-refractivity contribution in [3.8, 4) is 0 Å². The summed E-state index contributed by atoms with van der Waals surface area (Å²) in [7, 11) is 1.73. The first kappa shape index (κ1) is 24.2. The van der Waals surface area contributed by atoms with Gasteiger partial charge in [-0.15, -0.1) is 5.10 Å². The predicted octanol–water partition coefficient (Wildman–Crippen LogP) is 4.98. The van der Waals surface area contributed by atoms with E-state index in [2.05, 4.69) is 60.7 Å². The van der Waals surface area contributed by atoms with Crippen LogP contribution in [-0.4, -0.2) is 26.6 Å². The normalized spacial score (nSPS) is 16.4. The van der Waals surface area contributed by atoms with E-state index in [9.17, 15) is 4.79 Å². The molecule has 1 heterocycles. The number of hydrogen-bond donors (Lipinski definition) is 2. The fourth-order valence-corrected chi connectivity index (χ4v) is 4.19. The monoisotopic (exact) mass is 467 g/mol. The molecule has 0 amide bonds. The summed E-state index contributed by atoms with van der Waals surface area (Å²) in [4.78, 5) is 12.8. The van der Waals surface area contributed by atoms with Crippen LogP contribution >= 0.6 is 0 Å². The van der Waals surface area contributed by atoms with Crippen LogP contribution in [0.25, 0.3) is 0 Å². The third kappa shape index (κ3) is 5.60. The molecular weight excluding hydrogens is 434 g/mol. The van der Waals surface area contributed by atoms with Gasteiger partial charge in [-0.3, -0.25) is 9.98 Å². The summed E-state index contributed by atoms with van der Waals surface area (Å²) in [6.07, 6.45) is 8.98. The van der Waals surface area contributed by atoms with Gasteiger partial charge >= 0.3 is 5.69 Å². The molecule has 0 fully saturated rings. The molecule has 0 bridgehead atoms. The van der Waals surface area contributed by atoms with Crippen LogP contribution in [0.4, 0.5) is 5.95 Å². The second-order valence-corrected chi connectivity index (χ2v) is 9.19. The Balaban J connectivity index is 1.56. The lowest BCUT2D eigenvalue weighted by atomic mass is 9.88. The van der Waals surface area contributed by atoms with Gasteiger partial charge in [-0.05, 0) is 42.9 Å². The summed E-state index contributed by atoms with van der Waals surface area (Å²) in [5.74, 6) is 0.690. The lowest BCUT2D eigenvalue weighted by Gasteiger charge is -2.20. The maximum atomic E-state index is 12.8. The third-order valence-corrected chi connectivity index (χ3v) is 6.46. The van der Waals surface area contributed by atoms with Gasteiger partial charge in [0.15, 0.2) is 0 Å². The molecule has 0 radical (unpaired) electrons. The minimum absolute atomic E-state index is 0.156. The van der Waals surface area contributed by atoms with E-state index < -0.39 is 0 Å². The van der Waals surface area contributed by atoms with Gasteiger partial charge in [0.1, 0.15) is 0 Å². The first-order valence-corrected chi connectivity index (χ1v) is 12.0. The molecule has 1 unspecified atom stereocenters. The van der Waals surface area contributed by atoms with Crippen LogP contribution in [0.5, 0.6) is 0 Å². The quantitative estimate of drug-likeness (QED) is 0.459. The molecule has 6 heteroatoms. The number of rotatable bonds is 8. The summed E-state index contributed by atoms with van der Waals surface area (Å²) >= 11 is 0. The van der Waals surface area contributed by atoms with Crippen LogP contribution in [0.1, 0.15) is 29.2 Å². The number of anilines is 1. The average molecular weight is 468 g/mol. The number of hydrogen-bond acceptors (Lipinski definition) is 4. The molecule has 6 nitrogen and oxygen atoms in total. The molecule has 0 spiro atoms. The molecule has 2 N–H and O–H groups in total. The van der Waals surface area contributed by atoms with E-state index in [1.807, 2.05) is 43.3 Å². The number of benzene rings is 2. The lowest BCUT2D eigenvalue weighted by molar-refractivity contribution is 0.585. The topological polar surface area (TPSA) is 75.7 Å². The summed E-state index contributed by atoms with van der Waals surface area (Å²) in [5.41, 5.74) is 6.72. The lowest BCUT2D eigenvalue weighted by Crippen LogP contribution is -2.24. The summed E-state index contributed by atoms with van der Waals surface area (Å²) < 4.78 is 3.04. The smallest absolute Gasteiger partial charge is 0.347 e. The zero-order chi connectivity index (χ0) is 24.9. The Morgan fingerprint density at radius 2 is 1.69 bits per heavy atom. The molecule has 35 heavy (non-hydrogen) atoms. The fourth-order valence-electron chi connectivity index (χ4n) is 4.19. The third-order valence-electron chi connectivity index (χ3n) is 6.46. The van der Waals surface area contributed by atoms with Crippen LogP contribution in [-0.2, 0) is 20.0 Å². The Bertz CT molecular complexity index is 1350. The maximum absolute atomic E-state index is 12.8. The van der Waals surface area contributed by atoms with Gasteiger partial charge in [0.2, 0.25) is 5.95 Å². The number of nitrogens with one attached hydrogen (secondary N) is 2. The van der Waals surface area contributed by atoms with Crippen molar-refractivity contribution in [1.82, 2.24) is 14.3 Å². The van der Waals surface area contributed by atoms with Crippen molar-refractivity contribution in [3.05, 3.63) is 117 Å².